The molecule has 0 radical (unpaired) electrons. The number of rotatable bonds is 4. The van der Waals surface area contributed by atoms with E-state index in [1.807, 2.05) is 6.92 Å². The highest BCUT2D eigenvalue weighted by Gasteiger charge is 1.99. The molecule has 0 amide bonds. The lowest BCUT2D eigenvalue weighted by Crippen LogP contribution is -2.24. The van der Waals surface area contributed by atoms with E-state index in [1.54, 1.807) is 11.3 Å². The summed E-state index contributed by atoms with van der Waals surface area (Å²) in [6, 6.07) is 0.555. The molecule has 0 aliphatic heterocycles. The Morgan fingerprint density at radius 3 is 2.67 bits per heavy atom. The van der Waals surface area contributed by atoms with Crippen molar-refractivity contribution in [2.75, 3.05) is 6.54 Å². The van der Waals surface area contributed by atoms with Crippen LogP contribution in [0.5, 0.6) is 0 Å². The molecule has 0 aromatic carbocycles. The average Bonchev–Trinajstić information content (AvgIpc) is 2.35. The summed E-state index contributed by atoms with van der Waals surface area (Å²) in [5, 5.41) is 13.5. The van der Waals surface area contributed by atoms with Gasteiger partial charge in [-0.1, -0.05) is 13.8 Å². The van der Waals surface area contributed by atoms with E-state index in [2.05, 4.69) is 29.4 Å². The van der Waals surface area contributed by atoms with Gasteiger partial charge < -0.3 is 5.32 Å². The summed E-state index contributed by atoms with van der Waals surface area (Å²) in [5.74, 6) is 0. The predicted molar refractivity (Wildman–Crippen MR) is 51.5 cm³/mol. The maximum Gasteiger partial charge on any atom is 0.118 e. The molecule has 4 heteroatoms. The molecule has 0 aliphatic rings. The Kier molecular flexibility index (Phi) is 3.62. The van der Waals surface area contributed by atoms with Crippen molar-refractivity contribution in [2.45, 2.75) is 33.2 Å². The average molecular weight is 185 g/mol. The molecule has 0 atom stereocenters. The summed E-state index contributed by atoms with van der Waals surface area (Å²) >= 11 is 1.68. The molecular formula is C8H15N3S. The maximum atomic E-state index is 4.04. The maximum absolute atomic E-state index is 4.04. The second-order valence-electron chi connectivity index (χ2n) is 3.07. The van der Waals surface area contributed by atoms with E-state index in [4.69, 9.17) is 0 Å². The summed E-state index contributed by atoms with van der Waals surface area (Å²) in [6.45, 7) is 7.26. The van der Waals surface area contributed by atoms with E-state index in [1.165, 1.54) is 0 Å². The molecule has 0 unspecified atom stereocenters. The Labute approximate surface area is 77.2 Å². The van der Waals surface area contributed by atoms with Crippen LogP contribution < -0.4 is 5.32 Å². The number of aromatic nitrogens is 2. The van der Waals surface area contributed by atoms with Crippen LogP contribution in [-0.4, -0.2) is 22.8 Å². The van der Waals surface area contributed by atoms with Crippen LogP contribution in [0.15, 0.2) is 0 Å². The highest BCUT2D eigenvalue weighted by Crippen LogP contribution is 2.07. The van der Waals surface area contributed by atoms with E-state index in [9.17, 15) is 0 Å². The quantitative estimate of drug-likeness (QED) is 0.770. The molecule has 1 N–H and O–H groups in total. The van der Waals surface area contributed by atoms with Gasteiger partial charge in [0.25, 0.3) is 0 Å². The Morgan fingerprint density at radius 2 is 2.17 bits per heavy atom. The van der Waals surface area contributed by atoms with Gasteiger partial charge in [-0.15, -0.1) is 21.5 Å². The van der Waals surface area contributed by atoms with Gasteiger partial charge in [-0.2, -0.15) is 0 Å². The molecule has 0 spiro atoms. The van der Waals surface area contributed by atoms with E-state index in [0.29, 0.717) is 6.04 Å². The van der Waals surface area contributed by atoms with Crippen molar-refractivity contribution in [1.29, 1.82) is 0 Å². The van der Waals surface area contributed by atoms with Gasteiger partial charge in [-0.05, 0) is 6.92 Å². The first-order chi connectivity index (χ1) is 5.68. The normalized spacial score (nSPS) is 11.0. The van der Waals surface area contributed by atoms with Crippen molar-refractivity contribution in [3.8, 4) is 0 Å². The van der Waals surface area contributed by atoms with Crippen LogP contribution in [0.1, 0.15) is 23.9 Å². The van der Waals surface area contributed by atoms with Crippen LogP contribution in [0, 0.1) is 6.92 Å². The number of nitrogens with zero attached hydrogens (tertiary/aromatic N) is 2. The molecule has 0 bridgehead atoms. The molecule has 0 aliphatic carbocycles. The van der Waals surface area contributed by atoms with Gasteiger partial charge in [-0.3, -0.25) is 0 Å². The molecule has 1 aromatic heterocycles. The van der Waals surface area contributed by atoms with Gasteiger partial charge in [0.05, 0.1) is 0 Å². The molecule has 0 fully saturated rings. The van der Waals surface area contributed by atoms with Crippen molar-refractivity contribution >= 4 is 11.3 Å². The fourth-order valence-electron chi connectivity index (χ4n) is 0.906. The van der Waals surface area contributed by atoms with Crippen LogP contribution in [0.2, 0.25) is 0 Å². The topological polar surface area (TPSA) is 37.8 Å². The number of nitrogens with one attached hydrogen (secondary N) is 1. The van der Waals surface area contributed by atoms with E-state index in [-0.39, 0.29) is 0 Å². The van der Waals surface area contributed by atoms with Crippen LogP contribution in [-0.2, 0) is 6.42 Å². The third-order valence-electron chi connectivity index (χ3n) is 1.46. The Morgan fingerprint density at radius 1 is 1.42 bits per heavy atom. The Bertz CT molecular complexity index is 232. The Hall–Kier alpha value is -0.480. The van der Waals surface area contributed by atoms with E-state index < -0.39 is 0 Å². The first kappa shape index (κ1) is 9.61. The van der Waals surface area contributed by atoms with E-state index >= 15 is 0 Å². The lowest BCUT2D eigenvalue weighted by atomic mass is 10.3. The first-order valence-corrected chi connectivity index (χ1v) is 5.02. The van der Waals surface area contributed by atoms with Crippen molar-refractivity contribution in [3.05, 3.63) is 10.0 Å². The van der Waals surface area contributed by atoms with Gasteiger partial charge in [0.2, 0.25) is 0 Å². The zero-order chi connectivity index (χ0) is 8.97. The van der Waals surface area contributed by atoms with E-state index in [0.717, 1.165) is 23.0 Å². The molecule has 0 saturated heterocycles. The molecule has 0 saturated carbocycles. The SMILES string of the molecule is Cc1nnc(CCNC(C)C)s1. The van der Waals surface area contributed by atoms with Crippen LogP contribution in [0.3, 0.4) is 0 Å². The van der Waals surface area contributed by atoms with Crippen molar-refractivity contribution in [1.82, 2.24) is 15.5 Å². The van der Waals surface area contributed by atoms with Gasteiger partial charge in [-0.25, -0.2) is 0 Å². The second kappa shape index (κ2) is 4.52. The van der Waals surface area contributed by atoms with Crippen molar-refractivity contribution in [2.24, 2.45) is 0 Å². The Balaban J connectivity index is 2.24. The molecule has 1 rings (SSSR count). The fraction of sp³-hybridized carbons (Fsp3) is 0.750. The molecule has 1 heterocycles. The number of hydrogen-bond donors (Lipinski definition) is 1. The molecule has 68 valence electrons. The molecule has 3 nitrogen and oxygen atoms in total. The summed E-state index contributed by atoms with van der Waals surface area (Å²) in [5.41, 5.74) is 0. The minimum atomic E-state index is 0.555. The monoisotopic (exact) mass is 185 g/mol. The minimum Gasteiger partial charge on any atom is -0.314 e. The van der Waals surface area contributed by atoms with Crippen LogP contribution in [0.25, 0.3) is 0 Å². The second-order valence-corrected chi connectivity index (χ2v) is 4.34. The molecule has 1 aromatic rings. The summed E-state index contributed by atoms with van der Waals surface area (Å²) < 4.78 is 0. The summed E-state index contributed by atoms with van der Waals surface area (Å²) in [4.78, 5) is 0. The fourth-order valence-corrected chi connectivity index (χ4v) is 1.61. The third-order valence-corrected chi connectivity index (χ3v) is 2.36. The lowest BCUT2D eigenvalue weighted by molar-refractivity contribution is 0.588. The first-order valence-electron chi connectivity index (χ1n) is 4.21. The van der Waals surface area contributed by atoms with Gasteiger partial charge in [0.15, 0.2) is 0 Å². The number of hydrogen-bond acceptors (Lipinski definition) is 4. The minimum absolute atomic E-state index is 0.555. The molecule has 12 heavy (non-hydrogen) atoms. The summed E-state index contributed by atoms with van der Waals surface area (Å²) in [7, 11) is 0. The number of aryl methyl sites for hydroxylation is 1. The van der Waals surface area contributed by atoms with Crippen molar-refractivity contribution < 1.29 is 0 Å². The third kappa shape index (κ3) is 3.28. The molecular weight excluding hydrogens is 170 g/mol. The predicted octanol–water partition coefficient (Wildman–Crippen LogP) is 1.39. The van der Waals surface area contributed by atoms with Crippen molar-refractivity contribution in [3.63, 3.8) is 0 Å². The zero-order valence-corrected chi connectivity index (χ0v) is 8.61. The smallest absolute Gasteiger partial charge is 0.118 e. The summed E-state index contributed by atoms with van der Waals surface area (Å²) in [6.07, 6.45) is 0.990. The standard InChI is InChI=1S/C8H15N3S/c1-6(2)9-5-4-8-11-10-7(3)12-8/h6,9H,4-5H2,1-3H3. The van der Waals surface area contributed by atoms with Gasteiger partial charge in [0.1, 0.15) is 10.0 Å². The van der Waals surface area contributed by atoms with Crippen LogP contribution >= 0.6 is 11.3 Å². The lowest BCUT2D eigenvalue weighted by Gasteiger charge is -2.04. The highest BCUT2D eigenvalue weighted by atomic mass is 32.1. The van der Waals surface area contributed by atoms with Crippen LogP contribution in [0.4, 0.5) is 0 Å². The largest absolute Gasteiger partial charge is 0.314 e. The van der Waals surface area contributed by atoms with Gasteiger partial charge in [0, 0.05) is 19.0 Å². The highest BCUT2D eigenvalue weighted by molar-refractivity contribution is 7.11. The zero-order valence-electron chi connectivity index (χ0n) is 7.79. The van der Waals surface area contributed by atoms with Gasteiger partial charge >= 0.3 is 0 Å².